The molecule has 2 atom stereocenters. The Morgan fingerprint density at radius 3 is 3.10 bits per heavy atom. The summed E-state index contributed by atoms with van der Waals surface area (Å²) < 4.78 is 2.12. The van der Waals surface area contributed by atoms with Crippen LogP contribution in [0.1, 0.15) is 38.3 Å². The number of piperidine rings is 1. The molecule has 0 N–H and O–H groups in total. The monoisotopic (exact) mass is 285 g/mol. The first-order chi connectivity index (χ1) is 10.3. The number of aromatic nitrogens is 2. The van der Waals surface area contributed by atoms with E-state index >= 15 is 0 Å². The first-order valence-corrected chi connectivity index (χ1v) is 7.92. The maximum atomic E-state index is 11.4. The summed E-state index contributed by atoms with van der Waals surface area (Å²) in [5, 5.41) is 0. The number of imidazole rings is 1. The average Bonchev–Trinajstić information content (AvgIpc) is 2.91. The Hall–Kier alpha value is -1.68. The van der Waals surface area contributed by atoms with Gasteiger partial charge >= 0.3 is 0 Å². The minimum Gasteiger partial charge on any atom is -0.303 e. The summed E-state index contributed by atoms with van der Waals surface area (Å²) in [6.45, 7) is 4.06. The molecule has 4 nitrogen and oxygen atoms in total. The molecule has 0 bridgehead atoms. The van der Waals surface area contributed by atoms with Gasteiger partial charge in [-0.05, 0) is 37.3 Å². The van der Waals surface area contributed by atoms with Crippen molar-refractivity contribution >= 4 is 11.9 Å². The maximum absolute atomic E-state index is 11.4. The highest BCUT2D eigenvalue weighted by Crippen LogP contribution is 2.26. The summed E-state index contributed by atoms with van der Waals surface area (Å²) in [5.74, 6) is 0.727. The minimum absolute atomic E-state index is 0.0624. The smallest absolute Gasteiger partial charge is 0.137 e. The quantitative estimate of drug-likeness (QED) is 0.793. The number of carbonyl (C=O) groups excluding carboxylic acids is 1. The predicted molar refractivity (Wildman–Crippen MR) is 83.1 cm³/mol. The van der Waals surface area contributed by atoms with Gasteiger partial charge in [0.2, 0.25) is 0 Å². The Morgan fingerprint density at radius 2 is 2.29 bits per heavy atom. The lowest BCUT2D eigenvalue weighted by Crippen LogP contribution is -2.43. The number of nitrogens with zero attached hydrogens (tertiary/aromatic N) is 3. The minimum atomic E-state index is 0.0624. The second-order valence-electron chi connectivity index (χ2n) is 6.04. The van der Waals surface area contributed by atoms with E-state index in [9.17, 15) is 4.79 Å². The van der Waals surface area contributed by atoms with Crippen molar-refractivity contribution in [2.75, 3.05) is 6.54 Å². The molecule has 3 heterocycles. The number of aldehydes is 1. The number of pyridine rings is 1. The summed E-state index contributed by atoms with van der Waals surface area (Å²) in [4.78, 5) is 18.1. The summed E-state index contributed by atoms with van der Waals surface area (Å²) in [5.41, 5.74) is 2.13. The SMILES string of the molecule is CCCC1CCC(C=O)N(Cc2cnc3ccccn23)C1. The van der Waals surface area contributed by atoms with Crippen LogP contribution in [0.15, 0.2) is 30.6 Å². The molecule has 2 unspecified atom stereocenters. The molecule has 0 aromatic carbocycles. The van der Waals surface area contributed by atoms with E-state index in [-0.39, 0.29) is 6.04 Å². The second-order valence-corrected chi connectivity index (χ2v) is 6.04. The standard InChI is InChI=1S/C17H23N3O/c1-2-5-14-7-8-15(13-21)19(11-14)12-16-10-18-17-6-3-4-9-20(16)17/h3-4,6,9-10,13-15H,2,5,7-8,11-12H2,1H3. The molecular formula is C17H23N3O. The number of fused-ring (bicyclic) bond motifs is 1. The van der Waals surface area contributed by atoms with Crippen LogP contribution in [0.4, 0.5) is 0 Å². The lowest BCUT2D eigenvalue weighted by atomic mass is 9.90. The molecule has 1 aliphatic heterocycles. The Morgan fingerprint density at radius 1 is 1.38 bits per heavy atom. The molecule has 0 saturated carbocycles. The van der Waals surface area contributed by atoms with Crippen molar-refractivity contribution in [3.05, 3.63) is 36.3 Å². The number of likely N-dealkylation sites (tertiary alicyclic amines) is 1. The number of carbonyl (C=O) groups is 1. The van der Waals surface area contributed by atoms with Crippen molar-refractivity contribution in [2.45, 2.75) is 45.2 Å². The molecule has 0 amide bonds. The molecule has 3 rings (SSSR count). The van der Waals surface area contributed by atoms with E-state index in [1.165, 1.54) is 19.3 Å². The molecule has 1 aliphatic rings. The Kier molecular flexibility index (Phi) is 4.34. The first kappa shape index (κ1) is 14.3. The summed E-state index contributed by atoms with van der Waals surface area (Å²) in [6, 6.07) is 6.09. The molecule has 21 heavy (non-hydrogen) atoms. The first-order valence-electron chi connectivity index (χ1n) is 7.92. The zero-order valence-corrected chi connectivity index (χ0v) is 12.6. The Labute approximate surface area is 125 Å². The highest BCUT2D eigenvalue weighted by atomic mass is 16.1. The topological polar surface area (TPSA) is 37.6 Å². The van der Waals surface area contributed by atoms with Gasteiger partial charge in [-0.15, -0.1) is 0 Å². The van der Waals surface area contributed by atoms with Crippen molar-refractivity contribution < 1.29 is 4.79 Å². The fourth-order valence-corrected chi connectivity index (χ4v) is 3.44. The predicted octanol–water partition coefficient (Wildman–Crippen LogP) is 2.91. The van der Waals surface area contributed by atoms with Gasteiger partial charge in [0.25, 0.3) is 0 Å². The van der Waals surface area contributed by atoms with Crippen LogP contribution in [0, 0.1) is 5.92 Å². The van der Waals surface area contributed by atoms with Crippen molar-refractivity contribution in [2.24, 2.45) is 5.92 Å². The third-order valence-electron chi connectivity index (χ3n) is 4.55. The second kappa shape index (κ2) is 6.39. The lowest BCUT2D eigenvalue weighted by Gasteiger charge is -2.36. The van der Waals surface area contributed by atoms with Crippen LogP contribution in [-0.4, -0.2) is 33.2 Å². The molecule has 0 aliphatic carbocycles. The fraction of sp³-hybridized carbons (Fsp3) is 0.529. The fourth-order valence-electron chi connectivity index (χ4n) is 3.44. The number of rotatable bonds is 5. The van der Waals surface area contributed by atoms with Gasteiger partial charge in [0, 0.05) is 19.3 Å². The van der Waals surface area contributed by atoms with E-state index in [4.69, 9.17) is 0 Å². The van der Waals surface area contributed by atoms with Gasteiger partial charge in [0.15, 0.2) is 0 Å². The Bertz CT molecular complexity index is 607. The van der Waals surface area contributed by atoms with Crippen molar-refractivity contribution in [3.63, 3.8) is 0 Å². The van der Waals surface area contributed by atoms with Gasteiger partial charge in [0.1, 0.15) is 11.9 Å². The van der Waals surface area contributed by atoms with Gasteiger partial charge in [-0.1, -0.05) is 19.4 Å². The van der Waals surface area contributed by atoms with E-state index < -0.39 is 0 Å². The summed E-state index contributed by atoms with van der Waals surface area (Å²) in [6.07, 6.45) is 9.74. The third-order valence-corrected chi connectivity index (χ3v) is 4.55. The molecule has 1 fully saturated rings. The van der Waals surface area contributed by atoms with Crippen LogP contribution in [0.2, 0.25) is 0 Å². The highest BCUT2D eigenvalue weighted by Gasteiger charge is 2.28. The van der Waals surface area contributed by atoms with Gasteiger partial charge in [-0.2, -0.15) is 0 Å². The third kappa shape index (κ3) is 3.00. The van der Waals surface area contributed by atoms with Crippen LogP contribution in [0.3, 0.4) is 0 Å². The molecule has 4 heteroatoms. The maximum Gasteiger partial charge on any atom is 0.137 e. The van der Waals surface area contributed by atoms with Gasteiger partial charge in [-0.3, -0.25) is 4.90 Å². The van der Waals surface area contributed by atoms with E-state index in [0.717, 1.165) is 43.1 Å². The van der Waals surface area contributed by atoms with Crippen LogP contribution >= 0.6 is 0 Å². The normalized spacial score (nSPS) is 23.5. The van der Waals surface area contributed by atoms with Gasteiger partial charge in [-0.25, -0.2) is 4.98 Å². The zero-order valence-electron chi connectivity index (χ0n) is 12.6. The van der Waals surface area contributed by atoms with Crippen LogP contribution in [0.25, 0.3) is 5.65 Å². The molecule has 112 valence electrons. The molecule has 0 spiro atoms. The van der Waals surface area contributed by atoms with Crippen LogP contribution in [-0.2, 0) is 11.3 Å². The van der Waals surface area contributed by atoms with Gasteiger partial charge in [0.05, 0.1) is 17.9 Å². The number of hydrogen-bond donors (Lipinski definition) is 0. The molecule has 2 aromatic rings. The molecule has 1 saturated heterocycles. The van der Waals surface area contributed by atoms with Gasteiger partial charge < -0.3 is 9.20 Å². The summed E-state index contributed by atoms with van der Waals surface area (Å²) >= 11 is 0. The zero-order chi connectivity index (χ0) is 14.7. The van der Waals surface area contributed by atoms with E-state index in [1.807, 2.05) is 30.6 Å². The van der Waals surface area contributed by atoms with E-state index in [0.29, 0.717) is 0 Å². The highest BCUT2D eigenvalue weighted by molar-refractivity contribution is 5.57. The average molecular weight is 285 g/mol. The van der Waals surface area contributed by atoms with Crippen molar-refractivity contribution in [1.82, 2.24) is 14.3 Å². The largest absolute Gasteiger partial charge is 0.303 e. The lowest BCUT2D eigenvalue weighted by molar-refractivity contribution is -0.114. The van der Waals surface area contributed by atoms with Crippen molar-refractivity contribution in [3.8, 4) is 0 Å². The number of hydrogen-bond acceptors (Lipinski definition) is 3. The summed E-state index contributed by atoms with van der Waals surface area (Å²) in [7, 11) is 0. The van der Waals surface area contributed by atoms with E-state index in [1.54, 1.807) is 0 Å². The van der Waals surface area contributed by atoms with Crippen LogP contribution in [0.5, 0.6) is 0 Å². The molecular weight excluding hydrogens is 262 g/mol. The van der Waals surface area contributed by atoms with Crippen molar-refractivity contribution in [1.29, 1.82) is 0 Å². The Balaban J connectivity index is 1.78. The van der Waals surface area contributed by atoms with Crippen LogP contribution < -0.4 is 0 Å². The van der Waals surface area contributed by atoms with E-state index in [2.05, 4.69) is 21.2 Å². The molecule has 2 aromatic heterocycles. The molecule has 0 radical (unpaired) electrons.